The lowest BCUT2D eigenvalue weighted by atomic mass is 10.1. The van der Waals surface area contributed by atoms with Crippen LogP contribution in [0.2, 0.25) is 0 Å². The van der Waals surface area contributed by atoms with Crippen molar-refractivity contribution in [3.8, 4) is 0 Å². The molecule has 0 aromatic heterocycles. The zero-order valence-corrected chi connectivity index (χ0v) is 26.4. The first-order valence-corrected chi connectivity index (χ1v) is 17.3. The predicted molar refractivity (Wildman–Crippen MR) is 168 cm³/mol. The average Bonchev–Trinajstić information content (AvgIpc) is 2.94. The van der Waals surface area contributed by atoms with Gasteiger partial charge in [0.2, 0.25) is 0 Å². The summed E-state index contributed by atoms with van der Waals surface area (Å²) in [5.41, 5.74) is 0. The molecule has 4 heteroatoms. The van der Waals surface area contributed by atoms with E-state index in [0.29, 0.717) is 19.6 Å². The lowest BCUT2D eigenvalue weighted by Crippen LogP contribution is -2.27. The molecule has 1 N–H and O–H groups in total. The van der Waals surface area contributed by atoms with E-state index < -0.39 is 6.10 Å². The van der Waals surface area contributed by atoms with Gasteiger partial charge in [-0.25, -0.2) is 0 Å². The van der Waals surface area contributed by atoms with Crippen molar-refractivity contribution in [3.05, 3.63) is 12.2 Å². The van der Waals surface area contributed by atoms with Gasteiger partial charge in [-0.3, -0.25) is 4.79 Å². The molecule has 0 fully saturated rings. The summed E-state index contributed by atoms with van der Waals surface area (Å²) in [5, 5.41) is 9.52. The number of carbonyl (C=O) groups is 1. The Morgan fingerprint density at radius 1 is 0.590 bits per heavy atom. The topological polar surface area (TPSA) is 55.8 Å². The average molecular weight is 553 g/mol. The van der Waals surface area contributed by atoms with Gasteiger partial charge >= 0.3 is 5.97 Å². The maximum absolute atomic E-state index is 12.1. The van der Waals surface area contributed by atoms with E-state index in [1.165, 1.54) is 141 Å². The first-order chi connectivity index (χ1) is 19.2. The summed E-state index contributed by atoms with van der Waals surface area (Å²) in [6, 6.07) is 0. The van der Waals surface area contributed by atoms with Crippen molar-refractivity contribution in [3.63, 3.8) is 0 Å². The Labute approximate surface area is 244 Å². The highest BCUT2D eigenvalue weighted by molar-refractivity contribution is 5.69. The van der Waals surface area contributed by atoms with Gasteiger partial charge < -0.3 is 14.6 Å². The van der Waals surface area contributed by atoms with Crippen molar-refractivity contribution >= 4 is 5.97 Å². The van der Waals surface area contributed by atoms with Gasteiger partial charge in [-0.1, -0.05) is 148 Å². The molecular weight excluding hydrogens is 484 g/mol. The summed E-state index contributed by atoms with van der Waals surface area (Å²) in [6.07, 6.45) is 36.7. The van der Waals surface area contributed by atoms with Gasteiger partial charge in [-0.05, 0) is 38.5 Å². The molecule has 0 aromatic carbocycles. The van der Waals surface area contributed by atoms with Gasteiger partial charge in [0, 0.05) is 13.0 Å². The summed E-state index contributed by atoms with van der Waals surface area (Å²) in [4.78, 5) is 12.1. The Hall–Kier alpha value is -0.870. The van der Waals surface area contributed by atoms with Gasteiger partial charge in [0.05, 0.1) is 13.2 Å². The molecule has 0 aliphatic carbocycles. The van der Waals surface area contributed by atoms with Crippen molar-refractivity contribution in [2.75, 3.05) is 19.8 Å². The van der Waals surface area contributed by atoms with E-state index in [1.807, 2.05) is 0 Å². The third-order valence-corrected chi connectivity index (χ3v) is 7.59. The van der Waals surface area contributed by atoms with Crippen molar-refractivity contribution in [2.24, 2.45) is 0 Å². The van der Waals surface area contributed by atoms with Crippen LogP contribution in [0.1, 0.15) is 181 Å². The van der Waals surface area contributed by atoms with Gasteiger partial charge in [-0.2, -0.15) is 0 Å². The van der Waals surface area contributed by atoms with Crippen LogP contribution in [0.3, 0.4) is 0 Å². The molecule has 0 rings (SSSR count). The number of hydrogen-bond acceptors (Lipinski definition) is 4. The molecule has 0 saturated heterocycles. The molecular formula is C35H68O4. The summed E-state index contributed by atoms with van der Waals surface area (Å²) in [7, 11) is 0. The van der Waals surface area contributed by atoms with Crippen molar-refractivity contribution < 1.29 is 19.4 Å². The lowest BCUT2D eigenvalue weighted by molar-refractivity contribution is -0.154. The second kappa shape index (κ2) is 33.3. The number of esters is 1. The van der Waals surface area contributed by atoms with Gasteiger partial charge in [0.1, 0.15) is 6.10 Å². The lowest BCUT2D eigenvalue weighted by Gasteiger charge is -2.15. The summed E-state index contributed by atoms with van der Waals surface area (Å²) in [5.74, 6) is -0.208. The molecule has 232 valence electrons. The third-order valence-electron chi connectivity index (χ3n) is 7.59. The zero-order chi connectivity index (χ0) is 28.5. The number of aliphatic hydroxyl groups is 1. The molecule has 0 amide bonds. The highest BCUT2D eigenvalue weighted by atomic mass is 16.6. The Morgan fingerprint density at radius 3 is 1.46 bits per heavy atom. The smallest absolute Gasteiger partial charge is 0.306 e. The zero-order valence-electron chi connectivity index (χ0n) is 26.4. The molecule has 0 aliphatic heterocycles. The normalized spacial score (nSPS) is 12.4. The van der Waals surface area contributed by atoms with Gasteiger partial charge in [0.25, 0.3) is 0 Å². The van der Waals surface area contributed by atoms with Crippen LogP contribution in [0.25, 0.3) is 0 Å². The van der Waals surface area contributed by atoms with Crippen molar-refractivity contribution in [1.82, 2.24) is 0 Å². The summed E-state index contributed by atoms with van der Waals surface area (Å²) < 4.78 is 11.1. The Morgan fingerprint density at radius 2 is 1.00 bits per heavy atom. The van der Waals surface area contributed by atoms with Crippen LogP contribution in [0.15, 0.2) is 12.2 Å². The van der Waals surface area contributed by atoms with Crippen molar-refractivity contribution in [1.29, 1.82) is 0 Å². The van der Waals surface area contributed by atoms with Crippen LogP contribution in [-0.2, 0) is 14.3 Å². The van der Waals surface area contributed by atoms with E-state index in [9.17, 15) is 9.90 Å². The molecule has 0 aliphatic rings. The molecule has 1 unspecified atom stereocenters. The van der Waals surface area contributed by atoms with Crippen LogP contribution in [0.4, 0.5) is 0 Å². The number of aliphatic hydroxyl groups excluding tert-OH is 1. The van der Waals surface area contributed by atoms with E-state index in [4.69, 9.17) is 9.47 Å². The number of unbranched alkanes of at least 4 members (excludes halogenated alkanes) is 22. The predicted octanol–water partition coefficient (Wildman–Crippen LogP) is 10.6. The number of rotatable bonds is 32. The fourth-order valence-corrected chi connectivity index (χ4v) is 4.97. The molecule has 0 aromatic rings. The van der Waals surface area contributed by atoms with Crippen LogP contribution < -0.4 is 0 Å². The SMILES string of the molecule is CCCCCCCC/C=C\CCCCCCCC(=O)OC(CO)COCCCCCCCCCCCCCC. The van der Waals surface area contributed by atoms with Crippen LogP contribution in [0, 0.1) is 0 Å². The number of carbonyl (C=O) groups excluding carboxylic acids is 1. The first-order valence-electron chi connectivity index (χ1n) is 17.3. The third kappa shape index (κ3) is 31.5. The fourth-order valence-electron chi connectivity index (χ4n) is 4.97. The Bertz CT molecular complexity index is 505. The Balaban J connectivity index is 3.44. The second-order valence-electron chi connectivity index (χ2n) is 11.6. The van der Waals surface area contributed by atoms with E-state index in [2.05, 4.69) is 26.0 Å². The summed E-state index contributed by atoms with van der Waals surface area (Å²) in [6.45, 7) is 5.34. The minimum atomic E-state index is -0.530. The standard InChI is InChI=1S/C35H68O4/c1-3-5-7-9-11-13-15-17-18-19-20-22-24-26-28-30-35(37)39-34(32-36)33-38-31-29-27-25-23-21-16-14-12-10-8-6-4-2/h17-18,34,36H,3-16,19-33H2,1-2H3/b18-17-. The number of allylic oxidation sites excluding steroid dienone is 2. The fraction of sp³-hybridized carbons (Fsp3) is 0.914. The van der Waals surface area contributed by atoms with Crippen LogP contribution >= 0.6 is 0 Å². The van der Waals surface area contributed by atoms with Gasteiger partial charge in [-0.15, -0.1) is 0 Å². The van der Waals surface area contributed by atoms with Crippen LogP contribution in [-0.4, -0.2) is 37.0 Å². The van der Waals surface area contributed by atoms with E-state index in [-0.39, 0.29) is 12.6 Å². The monoisotopic (exact) mass is 553 g/mol. The van der Waals surface area contributed by atoms with E-state index in [0.717, 1.165) is 19.3 Å². The molecule has 1 atom stereocenters. The second-order valence-corrected chi connectivity index (χ2v) is 11.6. The highest BCUT2D eigenvalue weighted by Gasteiger charge is 2.13. The molecule has 0 radical (unpaired) electrons. The molecule has 0 heterocycles. The highest BCUT2D eigenvalue weighted by Crippen LogP contribution is 2.13. The molecule has 0 bridgehead atoms. The molecule has 0 spiro atoms. The Kier molecular flexibility index (Phi) is 32.6. The van der Waals surface area contributed by atoms with Crippen molar-refractivity contribution in [2.45, 2.75) is 187 Å². The molecule has 39 heavy (non-hydrogen) atoms. The maximum Gasteiger partial charge on any atom is 0.306 e. The maximum atomic E-state index is 12.1. The first kappa shape index (κ1) is 38.1. The van der Waals surface area contributed by atoms with E-state index in [1.54, 1.807) is 0 Å². The summed E-state index contributed by atoms with van der Waals surface area (Å²) >= 11 is 0. The molecule has 0 saturated carbocycles. The quantitative estimate of drug-likeness (QED) is 0.0512. The van der Waals surface area contributed by atoms with Gasteiger partial charge in [0.15, 0.2) is 0 Å². The number of ether oxygens (including phenoxy) is 2. The number of hydrogen-bond donors (Lipinski definition) is 1. The minimum absolute atomic E-state index is 0.170. The molecule has 4 nitrogen and oxygen atoms in total. The van der Waals surface area contributed by atoms with E-state index >= 15 is 0 Å². The largest absolute Gasteiger partial charge is 0.457 e. The minimum Gasteiger partial charge on any atom is -0.457 e. The van der Waals surface area contributed by atoms with Crippen LogP contribution in [0.5, 0.6) is 0 Å².